The monoisotopic (exact) mass is 748 g/mol. The molecule has 0 aliphatic heterocycles. The largest absolute Gasteiger partial charge is 0.455 e. The van der Waals surface area contributed by atoms with E-state index in [2.05, 4.69) is 154 Å². The third-order valence-electron chi connectivity index (χ3n) is 13.0. The molecule has 1 atom stereocenters. The van der Waals surface area contributed by atoms with E-state index >= 15 is 0 Å². The predicted octanol–water partition coefficient (Wildman–Crippen LogP) is 16.8. The maximum absolute atomic E-state index is 7.07. The second-order valence-electron chi connectivity index (χ2n) is 16.9. The van der Waals surface area contributed by atoms with Crippen LogP contribution in [-0.2, 0) is 6.42 Å². The first kappa shape index (κ1) is 37.2. The SMILES string of the molecule is CCCC(C)CCCc1ccc(-c2oc3c(ccc4c3ccc3c(-c5ccccc5)c(-c5ccc(C6CCC(CCC)CC6)cc5)oc34)c2-c2ccccc2)cc1. The van der Waals surface area contributed by atoms with E-state index in [-0.39, 0.29) is 0 Å². The molecule has 0 radical (unpaired) electrons. The van der Waals surface area contributed by atoms with E-state index in [0.29, 0.717) is 5.92 Å². The quantitative estimate of drug-likeness (QED) is 0.117. The van der Waals surface area contributed by atoms with Gasteiger partial charge in [-0.15, -0.1) is 0 Å². The molecule has 0 saturated heterocycles. The molecular formula is C55H56O2. The van der Waals surface area contributed by atoms with Crippen molar-refractivity contribution in [2.24, 2.45) is 11.8 Å². The minimum atomic E-state index is 0.656. The van der Waals surface area contributed by atoms with E-state index in [1.54, 1.807) is 0 Å². The average Bonchev–Trinajstić information content (AvgIpc) is 3.85. The van der Waals surface area contributed by atoms with Crippen LogP contribution in [-0.4, -0.2) is 0 Å². The molecule has 1 fully saturated rings. The summed E-state index contributed by atoms with van der Waals surface area (Å²) in [6.45, 7) is 6.99. The molecule has 2 heterocycles. The van der Waals surface area contributed by atoms with Crippen LogP contribution < -0.4 is 0 Å². The Hall–Kier alpha value is -5.34. The van der Waals surface area contributed by atoms with Gasteiger partial charge in [-0.3, -0.25) is 0 Å². The summed E-state index contributed by atoms with van der Waals surface area (Å²) < 4.78 is 14.1. The Morgan fingerprint density at radius 2 is 1.02 bits per heavy atom. The number of benzene rings is 6. The summed E-state index contributed by atoms with van der Waals surface area (Å²) in [6.07, 6.45) is 14.2. The van der Waals surface area contributed by atoms with E-state index in [0.717, 1.165) is 95.9 Å². The normalized spacial score (nSPS) is 16.5. The van der Waals surface area contributed by atoms with Gasteiger partial charge in [0.1, 0.15) is 22.7 Å². The van der Waals surface area contributed by atoms with Crippen molar-refractivity contribution in [1.29, 1.82) is 0 Å². The number of rotatable bonds is 13. The van der Waals surface area contributed by atoms with Gasteiger partial charge in [0, 0.05) is 43.8 Å². The second-order valence-corrected chi connectivity index (χ2v) is 16.9. The molecule has 1 saturated carbocycles. The molecule has 1 unspecified atom stereocenters. The maximum atomic E-state index is 7.07. The first-order valence-electron chi connectivity index (χ1n) is 21.8. The lowest BCUT2D eigenvalue weighted by molar-refractivity contribution is 0.308. The molecule has 0 amide bonds. The predicted molar refractivity (Wildman–Crippen MR) is 242 cm³/mol. The molecule has 8 aromatic rings. The zero-order valence-corrected chi connectivity index (χ0v) is 34.0. The van der Waals surface area contributed by atoms with Gasteiger partial charge in [-0.25, -0.2) is 0 Å². The Morgan fingerprint density at radius 3 is 1.53 bits per heavy atom. The molecule has 0 bridgehead atoms. The van der Waals surface area contributed by atoms with Crippen LogP contribution in [0.1, 0.15) is 102 Å². The van der Waals surface area contributed by atoms with Crippen LogP contribution in [0.4, 0.5) is 0 Å². The molecule has 6 aromatic carbocycles. The molecule has 1 aliphatic rings. The minimum absolute atomic E-state index is 0.656. The van der Waals surface area contributed by atoms with Gasteiger partial charge in [0.05, 0.1) is 0 Å². The van der Waals surface area contributed by atoms with Crippen LogP contribution in [0.15, 0.2) is 142 Å². The average molecular weight is 749 g/mol. The molecule has 288 valence electrons. The van der Waals surface area contributed by atoms with Crippen molar-refractivity contribution in [3.05, 3.63) is 145 Å². The van der Waals surface area contributed by atoms with Crippen LogP contribution in [0.5, 0.6) is 0 Å². The van der Waals surface area contributed by atoms with Gasteiger partial charge >= 0.3 is 0 Å². The lowest BCUT2D eigenvalue weighted by Crippen LogP contribution is -2.13. The smallest absolute Gasteiger partial charge is 0.143 e. The number of furan rings is 2. The lowest BCUT2D eigenvalue weighted by atomic mass is 9.77. The van der Waals surface area contributed by atoms with Crippen LogP contribution in [0.2, 0.25) is 0 Å². The number of aryl methyl sites for hydroxylation is 1. The first-order chi connectivity index (χ1) is 28.1. The molecule has 2 nitrogen and oxygen atoms in total. The summed E-state index contributed by atoms with van der Waals surface area (Å²) in [5.74, 6) is 4.20. The Balaban J connectivity index is 1.12. The fraction of sp³-hybridized carbons (Fsp3) is 0.309. The summed E-state index contributed by atoms with van der Waals surface area (Å²) in [6, 6.07) is 48.8. The molecule has 1 aliphatic carbocycles. The van der Waals surface area contributed by atoms with Gasteiger partial charge in [-0.05, 0) is 103 Å². The van der Waals surface area contributed by atoms with Gasteiger partial charge in [0.25, 0.3) is 0 Å². The van der Waals surface area contributed by atoms with Crippen LogP contribution >= 0.6 is 0 Å². The topological polar surface area (TPSA) is 26.3 Å². The highest BCUT2D eigenvalue weighted by Gasteiger charge is 2.25. The molecule has 9 rings (SSSR count). The third kappa shape index (κ3) is 7.48. The van der Waals surface area contributed by atoms with E-state index in [1.807, 2.05) is 0 Å². The second kappa shape index (κ2) is 16.6. The molecule has 0 N–H and O–H groups in total. The van der Waals surface area contributed by atoms with E-state index < -0.39 is 0 Å². The number of fused-ring (bicyclic) bond motifs is 5. The summed E-state index contributed by atoms with van der Waals surface area (Å²) in [7, 11) is 0. The van der Waals surface area contributed by atoms with Crippen molar-refractivity contribution >= 4 is 32.7 Å². The molecule has 57 heavy (non-hydrogen) atoms. The molecule has 0 spiro atoms. The zero-order valence-electron chi connectivity index (χ0n) is 34.0. The van der Waals surface area contributed by atoms with E-state index in [4.69, 9.17) is 8.83 Å². The first-order valence-corrected chi connectivity index (χ1v) is 21.8. The van der Waals surface area contributed by atoms with Crippen LogP contribution in [0.25, 0.3) is 77.6 Å². The van der Waals surface area contributed by atoms with Gasteiger partial charge < -0.3 is 8.83 Å². The minimum Gasteiger partial charge on any atom is -0.455 e. The van der Waals surface area contributed by atoms with Crippen molar-refractivity contribution < 1.29 is 8.83 Å². The summed E-state index contributed by atoms with van der Waals surface area (Å²) in [5, 5.41) is 4.37. The van der Waals surface area contributed by atoms with Crippen LogP contribution in [0.3, 0.4) is 0 Å². The molecular weight excluding hydrogens is 693 g/mol. The van der Waals surface area contributed by atoms with Gasteiger partial charge in [-0.2, -0.15) is 0 Å². The molecule has 2 heteroatoms. The van der Waals surface area contributed by atoms with Gasteiger partial charge in [0.15, 0.2) is 0 Å². The van der Waals surface area contributed by atoms with E-state index in [9.17, 15) is 0 Å². The fourth-order valence-electron chi connectivity index (χ4n) is 9.92. The fourth-order valence-corrected chi connectivity index (χ4v) is 9.92. The Morgan fingerprint density at radius 1 is 0.509 bits per heavy atom. The summed E-state index contributed by atoms with van der Waals surface area (Å²) in [4.78, 5) is 0. The van der Waals surface area contributed by atoms with Crippen molar-refractivity contribution in [2.45, 2.75) is 97.3 Å². The van der Waals surface area contributed by atoms with Gasteiger partial charge in [-0.1, -0.05) is 162 Å². The lowest BCUT2D eigenvalue weighted by Gasteiger charge is -2.28. The maximum Gasteiger partial charge on any atom is 0.143 e. The summed E-state index contributed by atoms with van der Waals surface area (Å²) in [5.41, 5.74) is 11.5. The van der Waals surface area contributed by atoms with Crippen molar-refractivity contribution in [1.82, 2.24) is 0 Å². The highest BCUT2D eigenvalue weighted by Crippen LogP contribution is 2.48. The highest BCUT2D eigenvalue weighted by molar-refractivity contribution is 6.20. The number of hydrogen-bond acceptors (Lipinski definition) is 2. The van der Waals surface area contributed by atoms with Gasteiger partial charge in [0.2, 0.25) is 0 Å². The third-order valence-corrected chi connectivity index (χ3v) is 13.0. The Kier molecular flexibility index (Phi) is 10.9. The highest BCUT2D eigenvalue weighted by atomic mass is 16.3. The number of hydrogen-bond donors (Lipinski definition) is 0. The Bertz CT molecular complexity index is 2560. The van der Waals surface area contributed by atoms with Crippen molar-refractivity contribution in [3.63, 3.8) is 0 Å². The zero-order chi connectivity index (χ0) is 38.7. The standard InChI is InChI=1S/C55H56O2/c1-4-13-37(3)15-12-16-39-23-27-44(28-24-39)52-50(42-17-8-6-9-18-42)48-35-33-47-46(54(48)56-52)34-36-49-51(43-19-10-7-11-20-43)53(57-55(47)49)45-31-29-41(30-32-45)40-25-21-38(14-5-2)22-26-40/h6-11,17-20,23-24,27-38,40H,4-5,12-16,21-22,25-26H2,1-3H3. The van der Waals surface area contributed by atoms with Crippen molar-refractivity contribution in [3.8, 4) is 44.9 Å². The van der Waals surface area contributed by atoms with E-state index in [1.165, 1.54) is 75.3 Å². The molecule has 2 aromatic heterocycles. The summed E-state index contributed by atoms with van der Waals surface area (Å²) >= 11 is 0. The Labute approximate surface area is 338 Å². The van der Waals surface area contributed by atoms with Crippen LogP contribution in [0, 0.1) is 11.8 Å². The van der Waals surface area contributed by atoms with Crippen molar-refractivity contribution in [2.75, 3.05) is 0 Å².